The largest absolute Gasteiger partial charge is 0.316 e. The maximum Gasteiger partial charge on any atom is 0.314 e. The zero-order valence-electron chi connectivity index (χ0n) is 12.7. The number of halogens is 2. The third-order valence-corrected chi connectivity index (χ3v) is 4.99. The van der Waals surface area contributed by atoms with Crippen LogP contribution in [0.2, 0.25) is 0 Å². The molecule has 7 nitrogen and oxygen atoms in total. The molecule has 3 rings (SSSR count). The molecule has 1 aromatic heterocycles. The number of rotatable bonds is 3. The fourth-order valence-electron chi connectivity index (χ4n) is 2.31. The highest BCUT2D eigenvalue weighted by atomic mass is 32.2. The highest BCUT2D eigenvalue weighted by molar-refractivity contribution is 7.92. The average molecular weight is 367 g/mol. The van der Waals surface area contributed by atoms with Crippen LogP contribution in [0.15, 0.2) is 44.8 Å². The first kappa shape index (κ1) is 16.8. The van der Waals surface area contributed by atoms with Gasteiger partial charge in [-0.25, -0.2) is 17.2 Å². The van der Waals surface area contributed by atoms with Crippen molar-refractivity contribution in [1.82, 2.24) is 9.97 Å². The maximum atomic E-state index is 13.7. The first-order chi connectivity index (χ1) is 11.7. The summed E-state index contributed by atoms with van der Waals surface area (Å²) in [5, 5.41) is 0. The van der Waals surface area contributed by atoms with Gasteiger partial charge in [-0.15, -0.1) is 0 Å². The van der Waals surface area contributed by atoms with Gasteiger partial charge in [0.1, 0.15) is 11.6 Å². The molecule has 10 heteroatoms. The number of sulfonamides is 1. The Labute approximate surface area is 139 Å². The third-order valence-electron chi connectivity index (χ3n) is 3.48. The van der Waals surface area contributed by atoms with Crippen molar-refractivity contribution in [1.29, 1.82) is 0 Å². The summed E-state index contributed by atoms with van der Waals surface area (Å²) < 4.78 is 53.7. The molecule has 1 heterocycles. The lowest BCUT2D eigenvalue weighted by Crippen LogP contribution is -2.29. The molecule has 0 amide bonds. The van der Waals surface area contributed by atoms with Crippen molar-refractivity contribution < 1.29 is 17.2 Å². The first-order valence-electron chi connectivity index (χ1n) is 6.92. The number of aromatic amines is 2. The predicted octanol–water partition coefficient (Wildman–Crippen LogP) is 1.60. The van der Waals surface area contributed by atoms with Crippen LogP contribution in [0.25, 0.3) is 11.0 Å². The lowest BCUT2D eigenvalue weighted by atomic mass is 10.2. The van der Waals surface area contributed by atoms with Gasteiger partial charge >= 0.3 is 11.1 Å². The van der Waals surface area contributed by atoms with Crippen molar-refractivity contribution in [3.05, 3.63) is 68.2 Å². The second kappa shape index (κ2) is 5.81. The van der Waals surface area contributed by atoms with E-state index in [4.69, 9.17) is 0 Å². The number of H-pyrrole nitrogens is 2. The quantitative estimate of drug-likeness (QED) is 0.611. The topological polar surface area (TPSA) is 112 Å². The second-order valence-corrected chi connectivity index (χ2v) is 6.95. The highest BCUT2D eigenvalue weighted by Gasteiger charge is 2.20. The van der Waals surface area contributed by atoms with E-state index in [0.717, 1.165) is 18.2 Å². The fraction of sp³-hybridized carbons (Fsp3) is 0.0667. The van der Waals surface area contributed by atoms with Crippen LogP contribution in [0.4, 0.5) is 14.5 Å². The monoisotopic (exact) mass is 367 g/mol. The Kier molecular flexibility index (Phi) is 3.91. The number of anilines is 1. The molecule has 0 radical (unpaired) electrons. The highest BCUT2D eigenvalue weighted by Crippen LogP contribution is 2.24. The molecule has 0 bridgehead atoms. The Morgan fingerprint density at radius 2 is 1.56 bits per heavy atom. The van der Waals surface area contributed by atoms with Crippen LogP contribution in [-0.2, 0) is 10.0 Å². The van der Waals surface area contributed by atoms with E-state index in [-0.39, 0.29) is 21.5 Å². The van der Waals surface area contributed by atoms with Gasteiger partial charge in [0.15, 0.2) is 0 Å². The smallest absolute Gasteiger partial charge is 0.314 e. The van der Waals surface area contributed by atoms with Gasteiger partial charge in [0.2, 0.25) is 0 Å². The number of hydrogen-bond donors (Lipinski definition) is 3. The normalized spacial score (nSPS) is 11.6. The van der Waals surface area contributed by atoms with Crippen molar-refractivity contribution in [2.75, 3.05) is 4.72 Å². The minimum Gasteiger partial charge on any atom is -0.316 e. The van der Waals surface area contributed by atoms with E-state index in [0.29, 0.717) is 6.07 Å². The second-order valence-electron chi connectivity index (χ2n) is 5.30. The van der Waals surface area contributed by atoms with Gasteiger partial charge in [0, 0.05) is 6.07 Å². The number of fused-ring (bicyclic) bond motifs is 1. The number of benzene rings is 2. The summed E-state index contributed by atoms with van der Waals surface area (Å²) in [6.07, 6.45) is 0. The Hall–Kier alpha value is -3.01. The zero-order valence-corrected chi connectivity index (χ0v) is 13.5. The summed E-state index contributed by atoms with van der Waals surface area (Å²) in [5.41, 5.74) is -1.63. The van der Waals surface area contributed by atoms with E-state index in [1.165, 1.54) is 13.0 Å². The molecule has 3 aromatic rings. The number of aromatic nitrogens is 2. The van der Waals surface area contributed by atoms with Crippen LogP contribution >= 0.6 is 0 Å². The van der Waals surface area contributed by atoms with E-state index in [1.54, 1.807) is 0 Å². The molecule has 25 heavy (non-hydrogen) atoms. The summed E-state index contributed by atoms with van der Waals surface area (Å²) in [4.78, 5) is 27.1. The molecule has 0 saturated carbocycles. The Balaban J connectivity index is 2.13. The lowest BCUT2D eigenvalue weighted by Gasteiger charge is -2.12. The lowest BCUT2D eigenvalue weighted by molar-refractivity contribution is 0.582. The SMILES string of the molecule is Cc1cc2[nH]c(=O)c(=O)[nH]c2cc1S(=O)(=O)Nc1ccc(F)cc1F. The molecule has 0 aliphatic heterocycles. The van der Waals surface area contributed by atoms with Crippen LogP contribution in [0, 0.1) is 18.6 Å². The molecule has 2 aromatic carbocycles. The number of nitrogens with one attached hydrogen (secondary N) is 3. The van der Waals surface area contributed by atoms with Crippen molar-refractivity contribution in [2.45, 2.75) is 11.8 Å². The average Bonchev–Trinajstić information content (AvgIpc) is 2.51. The van der Waals surface area contributed by atoms with Gasteiger partial charge in [0.05, 0.1) is 21.6 Å². The molecule has 0 unspecified atom stereocenters. The first-order valence-corrected chi connectivity index (χ1v) is 8.40. The minimum atomic E-state index is -4.22. The van der Waals surface area contributed by atoms with Gasteiger partial charge in [0.25, 0.3) is 10.0 Å². The van der Waals surface area contributed by atoms with Crippen LogP contribution in [0.1, 0.15) is 5.56 Å². The van der Waals surface area contributed by atoms with Crippen molar-refractivity contribution >= 4 is 26.7 Å². The van der Waals surface area contributed by atoms with Gasteiger partial charge in [-0.1, -0.05) is 0 Å². The summed E-state index contributed by atoms with van der Waals surface area (Å²) in [6, 6.07) is 4.93. The maximum absolute atomic E-state index is 13.7. The molecule has 0 saturated heterocycles. The molecule has 0 atom stereocenters. The van der Waals surface area contributed by atoms with Gasteiger partial charge < -0.3 is 9.97 Å². The van der Waals surface area contributed by atoms with E-state index in [1.807, 2.05) is 4.72 Å². The summed E-state index contributed by atoms with van der Waals surface area (Å²) >= 11 is 0. The van der Waals surface area contributed by atoms with Gasteiger partial charge in [-0.3, -0.25) is 14.3 Å². The number of hydrogen-bond acceptors (Lipinski definition) is 4. The van der Waals surface area contributed by atoms with Gasteiger partial charge in [-0.2, -0.15) is 0 Å². The predicted molar refractivity (Wildman–Crippen MR) is 87.1 cm³/mol. The van der Waals surface area contributed by atoms with Crippen molar-refractivity contribution in [3.63, 3.8) is 0 Å². The number of aryl methyl sites for hydroxylation is 1. The van der Waals surface area contributed by atoms with Gasteiger partial charge in [-0.05, 0) is 36.8 Å². The van der Waals surface area contributed by atoms with E-state index < -0.39 is 38.5 Å². The molecule has 0 fully saturated rings. The van der Waals surface area contributed by atoms with Crippen LogP contribution < -0.4 is 15.8 Å². The molecule has 3 N–H and O–H groups in total. The van der Waals surface area contributed by atoms with E-state index in [9.17, 15) is 26.8 Å². The molecular formula is C15H11F2N3O4S. The molecule has 0 aliphatic carbocycles. The Morgan fingerprint density at radius 1 is 0.960 bits per heavy atom. The Bertz CT molecular complexity index is 1220. The van der Waals surface area contributed by atoms with E-state index in [2.05, 4.69) is 9.97 Å². The summed E-state index contributed by atoms with van der Waals surface area (Å²) in [6.45, 7) is 1.47. The fourth-order valence-corrected chi connectivity index (χ4v) is 3.64. The molecule has 0 spiro atoms. The van der Waals surface area contributed by atoms with Crippen LogP contribution in [-0.4, -0.2) is 18.4 Å². The Morgan fingerprint density at radius 3 is 2.16 bits per heavy atom. The standard InChI is InChI=1S/C15H11F2N3O4S/c1-7-4-11-12(19-15(22)14(21)18-11)6-13(7)25(23,24)20-10-3-2-8(16)5-9(10)17/h2-6,20H,1H3,(H,18,21)(H,19,22). The third kappa shape index (κ3) is 3.15. The zero-order chi connectivity index (χ0) is 18.4. The van der Waals surface area contributed by atoms with Crippen LogP contribution in [0.5, 0.6) is 0 Å². The van der Waals surface area contributed by atoms with Crippen molar-refractivity contribution in [3.8, 4) is 0 Å². The summed E-state index contributed by atoms with van der Waals surface area (Å²) in [7, 11) is -4.22. The van der Waals surface area contributed by atoms with E-state index >= 15 is 0 Å². The molecule has 130 valence electrons. The molecular weight excluding hydrogens is 356 g/mol. The van der Waals surface area contributed by atoms with Crippen molar-refractivity contribution in [2.24, 2.45) is 0 Å². The minimum absolute atomic E-state index is 0.0927. The van der Waals surface area contributed by atoms with Crippen LogP contribution in [0.3, 0.4) is 0 Å². The summed E-state index contributed by atoms with van der Waals surface area (Å²) in [5.74, 6) is -1.91. The molecule has 0 aliphatic rings.